The molecule has 1 aromatic heterocycles. The Bertz CT molecular complexity index is 660. The average Bonchev–Trinajstić information content (AvgIpc) is 3.15. The van der Waals surface area contributed by atoms with Crippen LogP contribution >= 0.6 is 12.4 Å². The molecular weight excluding hydrogens is 314 g/mol. The Kier molecular flexibility index (Phi) is 5.38. The lowest BCUT2D eigenvalue weighted by atomic mass is 9.90. The standard InChI is InChI=1S/C16H21N5O.ClH/c1-16(11-17)7-8-20(12-16)15(22)14-10-21(19-18-14)9-13-5-3-2-4-6-13;/h2-6,10H,7-9,11-12,17H2,1H3;1H. The minimum atomic E-state index is -0.0588. The molecule has 2 N–H and O–H groups in total. The van der Waals surface area contributed by atoms with Gasteiger partial charge in [-0.05, 0) is 23.9 Å². The molecule has 2 heterocycles. The zero-order chi connectivity index (χ0) is 15.6. The Morgan fingerprint density at radius 2 is 2.09 bits per heavy atom. The lowest BCUT2D eigenvalue weighted by molar-refractivity contribution is 0.0771. The Hall–Kier alpha value is -1.92. The van der Waals surface area contributed by atoms with E-state index in [-0.39, 0.29) is 23.7 Å². The van der Waals surface area contributed by atoms with Crippen LogP contribution in [0.3, 0.4) is 0 Å². The second-order valence-electron chi connectivity index (χ2n) is 6.28. The second-order valence-corrected chi connectivity index (χ2v) is 6.28. The summed E-state index contributed by atoms with van der Waals surface area (Å²) in [6.45, 7) is 4.75. The number of nitrogens with two attached hydrogens (primary N) is 1. The number of hydrogen-bond donors (Lipinski definition) is 1. The normalized spacial score (nSPS) is 20.3. The number of nitrogens with zero attached hydrogens (tertiary/aromatic N) is 4. The molecule has 124 valence electrons. The van der Waals surface area contributed by atoms with Crippen LogP contribution in [-0.4, -0.2) is 45.4 Å². The van der Waals surface area contributed by atoms with Crippen molar-refractivity contribution >= 4 is 18.3 Å². The summed E-state index contributed by atoms with van der Waals surface area (Å²) in [6, 6.07) is 9.99. The Morgan fingerprint density at radius 1 is 1.35 bits per heavy atom. The van der Waals surface area contributed by atoms with E-state index in [1.165, 1.54) is 0 Å². The van der Waals surface area contributed by atoms with E-state index in [1.807, 2.05) is 35.2 Å². The summed E-state index contributed by atoms with van der Waals surface area (Å²) >= 11 is 0. The molecule has 1 aliphatic heterocycles. The smallest absolute Gasteiger partial charge is 0.276 e. The zero-order valence-electron chi connectivity index (χ0n) is 13.2. The predicted octanol–water partition coefficient (Wildman–Crippen LogP) is 1.56. The van der Waals surface area contributed by atoms with Gasteiger partial charge in [0.1, 0.15) is 0 Å². The number of hydrogen-bond acceptors (Lipinski definition) is 4. The van der Waals surface area contributed by atoms with Gasteiger partial charge in [0.15, 0.2) is 5.69 Å². The lowest BCUT2D eigenvalue weighted by Crippen LogP contribution is -2.34. The van der Waals surface area contributed by atoms with E-state index >= 15 is 0 Å². The summed E-state index contributed by atoms with van der Waals surface area (Å²) in [4.78, 5) is 14.3. The summed E-state index contributed by atoms with van der Waals surface area (Å²) < 4.78 is 1.70. The molecule has 1 fully saturated rings. The molecule has 0 bridgehead atoms. The monoisotopic (exact) mass is 335 g/mol. The molecule has 23 heavy (non-hydrogen) atoms. The number of carbonyl (C=O) groups excluding carboxylic acids is 1. The Balaban J connectivity index is 0.00000192. The van der Waals surface area contributed by atoms with Gasteiger partial charge in [-0.2, -0.15) is 0 Å². The van der Waals surface area contributed by atoms with Crippen molar-refractivity contribution in [2.75, 3.05) is 19.6 Å². The van der Waals surface area contributed by atoms with Crippen LogP contribution in [0.1, 0.15) is 29.4 Å². The predicted molar refractivity (Wildman–Crippen MR) is 90.5 cm³/mol. The van der Waals surface area contributed by atoms with Gasteiger partial charge in [0.2, 0.25) is 0 Å². The van der Waals surface area contributed by atoms with Crippen molar-refractivity contribution in [3.05, 3.63) is 47.8 Å². The van der Waals surface area contributed by atoms with Gasteiger partial charge in [0.25, 0.3) is 5.91 Å². The molecule has 3 rings (SSSR count). The number of benzene rings is 1. The van der Waals surface area contributed by atoms with Crippen molar-refractivity contribution in [1.82, 2.24) is 19.9 Å². The van der Waals surface area contributed by atoms with E-state index in [1.54, 1.807) is 10.9 Å². The topological polar surface area (TPSA) is 77.0 Å². The van der Waals surface area contributed by atoms with Crippen LogP contribution in [0.15, 0.2) is 36.5 Å². The first-order valence-electron chi connectivity index (χ1n) is 7.53. The molecule has 1 amide bonds. The van der Waals surface area contributed by atoms with Gasteiger partial charge in [-0.15, -0.1) is 17.5 Å². The van der Waals surface area contributed by atoms with Crippen LogP contribution in [0, 0.1) is 5.41 Å². The summed E-state index contributed by atoms with van der Waals surface area (Å²) in [5.74, 6) is -0.0588. The van der Waals surface area contributed by atoms with Crippen LogP contribution in [0.5, 0.6) is 0 Å². The number of aromatic nitrogens is 3. The number of amides is 1. The maximum absolute atomic E-state index is 12.5. The van der Waals surface area contributed by atoms with Crippen LogP contribution in [-0.2, 0) is 6.54 Å². The van der Waals surface area contributed by atoms with Gasteiger partial charge in [-0.3, -0.25) is 4.79 Å². The van der Waals surface area contributed by atoms with Crippen LogP contribution < -0.4 is 5.73 Å². The van der Waals surface area contributed by atoms with Gasteiger partial charge >= 0.3 is 0 Å². The molecule has 1 atom stereocenters. The fourth-order valence-corrected chi connectivity index (χ4v) is 2.77. The van der Waals surface area contributed by atoms with Gasteiger partial charge in [-0.25, -0.2) is 4.68 Å². The van der Waals surface area contributed by atoms with Crippen LogP contribution in [0.4, 0.5) is 0 Å². The first-order valence-corrected chi connectivity index (χ1v) is 7.53. The quantitative estimate of drug-likeness (QED) is 0.919. The Morgan fingerprint density at radius 3 is 2.74 bits per heavy atom. The molecule has 0 spiro atoms. The second kappa shape index (κ2) is 7.10. The molecule has 0 aliphatic carbocycles. The lowest BCUT2D eigenvalue weighted by Gasteiger charge is -2.21. The maximum atomic E-state index is 12.5. The third kappa shape index (κ3) is 3.89. The molecule has 1 unspecified atom stereocenters. The van der Waals surface area contributed by atoms with Gasteiger partial charge < -0.3 is 10.6 Å². The number of rotatable bonds is 4. The molecule has 1 aromatic carbocycles. The molecular formula is C16H22ClN5O. The van der Waals surface area contributed by atoms with Crippen molar-refractivity contribution in [2.24, 2.45) is 11.1 Å². The zero-order valence-corrected chi connectivity index (χ0v) is 14.0. The maximum Gasteiger partial charge on any atom is 0.276 e. The van der Waals surface area contributed by atoms with Gasteiger partial charge in [-0.1, -0.05) is 42.5 Å². The third-order valence-corrected chi connectivity index (χ3v) is 4.28. The molecule has 1 saturated heterocycles. The number of likely N-dealkylation sites (tertiary alicyclic amines) is 1. The summed E-state index contributed by atoms with van der Waals surface area (Å²) in [5.41, 5.74) is 7.34. The van der Waals surface area contributed by atoms with Crippen LogP contribution in [0.25, 0.3) is 0 Å². The molecule has 2 aromatic rings. The SMILES string of the molecule is CC1(CN)CCN(C(=O)c2cn(Cc3ccccc3)nn2)C1.Cl. The Labute approximate surface area is 142 Å². The van der Waals surface area contributed by atoms with Crippen molar-refractivity contribution in [1.29, 1.82) is 0 Å². The van der Waals surface area contributed by atoms with E-state index in [2.05, 4.69) is 17.2 Å². The van der Waals surface area contributed by atoms with E-state index in [0.29, 0.717) is 25.3 Å². The van der Waals surface area contributed by atoms with Gasteiger partial charge in [0.05, 0.1) is 12.7 Å². The van der Waals surface area contributed by atoms with E-state index < -0.39 is 0 Å². The summed E-state index contributed by atoms with van der Waals surface area (Å²) in [5, 5.41) is 8.08. The molecule has 0 saturated carbocycles. The highest BCUT2D eigenvalue weighted by atomic mass is 35.5. The summed E-state index contributed by atoms with van der Waals surface area (Å²) in [7, 11) is 0. The van der Waals surface area contributed by atoms with E-state index in [4.69, 9.17) is 5.73 Å². The molecule has 0 radical (unpaired) electrons. The molecule has 1 aliphatic rings. The number of halogens is 1. The van der Waals surface area contributed by atoms with E-state index in [0.717, 1.165) is 18.5 Å². The fraction of sp³-hybridized carbons (Fsp3) is 0.438. The molecule has 6 nitrogen and oxygen atoms in total. The third-order valence-electron chi connectivity index (χ3n) is 4.28. The largest absolute Gasteiger partial charge is 0.337 e. The number of carbonyl (C=O) groups is 1. The highest BCUT2D eigenvalue weighted by molar-refractivity contribution is 5.92. The van der Waals surface area contributed by atoms with Gasteiger partial charge in [0, 0.05) is 13.1 Å². The minimum Gasteiger partial charge on any atom is -0.337 e. The highest BCUT2D eigenvalue weighted by Crippen LogP contribution is 2.29. The summed E-state index contributed by atoms with van der Waals surface area (Å²) in [6.07, 6.45) is 2.65. The highest BCUT2D eigenvalue weighted by Gasteiger charge is 2.35. The average molecular weight is 336 g/mol. The first kappa shape index (κ1) is 17.4. The fourth-order valence-electron chi connectivity index (χ4n) is 2.77. The van der Waals surface area contributed by atoms with Crippen molar-refractivity contribution in [3.8, 4) is 0 Å². The van der Waals surface area contributed by atoms with Crippen molar-refractivity contribution in [3.63, 3.8) is 0 Å². The molecule has 7 heteroatoms. The minimum absolute atomic E-state index is 0. The van der Waals surface area contributed by atoms with E-state index in [9.17, 15) is 4.79 Å². The van der Waals surface area contributed by atoms with Crippen molar-refractivity contribution in [2.45, 2.75) is 19.9 Å². The van der Waals surface area contributed by atoms with Crippen LogP contribution in [0.2, 0.25) is 0 Å². The first-order chi connectivity index (χ1) is 10.6. The van der Waals surface area contributed by atoms with Crippen molar-refractivity contribution < 1.29 is 4.79 Å².